The molecule has 1 saturated carbocycles. The third-order valence-corrected chi connectivity index (χ3v) is 4.26. The van der Waals surface area contributed by atoms with Crippen molar-refractivity contribution in [1.82, 2.24) is 0 Å². The summed E-state index contributed by atoms with van der Waals surface area (Å²) in [5.41, 5.74) is 0.906. The predicted molar refractivity (Wildman–Crippen MR) is 90.7 cm³/mol. The summed E-state index contributed by atoms with van der Waals surface area (Å²) in [4.78, 5) is 23.6. The number of nitrogens with zero attached hydrogens (tertiary/aromatic N) is 1. The molecule has 2 aromatic rings. The van der Waals surface area contributed by atoms with E-state index in [0.29, 0.717) is 23.8 Å². The highest BCUT2D eigenvalue weighted by Crippen LogP contribution is 2.18. The van der Waals surface area contributed by atoms with Crippen molar-refractivity contribution in [2.45, 2.75) is 25.4 Å². The fourth-order valence-corrected chi connectivity index (χ4v) is 2.84. The predicted octanol–water partition coefficient (Wildman–Crippen LogP) is 1.92. The van der Waals surface area contributed by atoms with E-state index in [2.05, 4.69) is 5.32 Å². The van der Waals surface area contributed by atoms with Crippen molar-refractivity contribution in [3.63, 3.8) is 0 Å². The molecule has 3 rings (SSSR count). The normalized spacial score (nSPS) is 14.8. The summed E-state index contributed by atoms with van der Waals surface area (Å²) < 4.78 is 13.9. The van der Waals surface area contributed by atoms with Crippen LogP contribution in [0.2, 0.25) is 0 Å². The third-order valence-electron chi connectivity index (χ3n) is 4.26. The maximum absolute atomic E-state index is 13.9. The Balaban J connectivity index is 1.64. The number of nitrogens with one attached hydrogen (secondary N) is 2. The maximum atomic E-state index is 13.9. The zero-order valence-corrected chi connectivity index (χ0v) is 13.6. The topological polar surface area (TPSA) is 76.7 Å². The lowest BCUT2D eigenvalue weighted by atomic mass is 10.2. The number of non-ortho nitro benzene ring substituents is 1. The van der Waals surface area contributed by atoms with Gasteiger partial charge in [0.2, 0.25) is 0 Å². The first-order chi connectivity index (χ1) is 12.0. The lowest BCUT2D eigenvalue weighted by Gasteiger charge is -2.19. The van der Waals surface area contributed by atoms with Crippen molar-refractivity contribution in [3.05, 3.63) is 70.0 Å². The van der Waals surface area contributed by atoms with Crippen molar-refractivity contribution in [1.29, 1.82) is 0 Å². The van der Waals surface area contributed by atoms with E-state index in [0.717, 1.165) is 17.7 Å². The molecule has 1 aliphatic rings. The minimum absolute atomic E-state index is 0.0736. The van der Waals surface area contributed by atoms with Crippen molar-refractivity contribution < 1.29 is 19.0 Å². The fraction of sp³-hybridized carbons (Fsp3) is 0.278. The lowest BCUT2D eigenvalue weighted by Crippen LogP contribution is -3.13. The molecular formula is C18H19FN3O3+. The van der Waals surface area contributed by atoms with Gasteiger partial charge in [-0.25, -0.2) is 4.39 Å². The first kappa shape index (κ1) is 17.0. The van der Waals surface area contributed by atoms with Crippen LogP contribution in [0.5, 0.6) is 0 Å². The number of nitro groups is 1. The maximum Gasteiger partial charge on any atom is 0.279 e. The molecule has 0 heterocycles. The van der Waals surface area contributed by atoms with Crippen LogP contribution in [-0.2, 0) is 11.3 Å². The van der Waals surface area contributed by atoms with Gasteiger partial charge in [-0.15, -0.1) is 0 Å². The number of rotatable bonds is 7. The van der Waals surface area contributed by atoms with E-state index in [1.165, 1.54) is 24.3 Å². The van der Waals surface area contributed by atoms with Crippen molar-refractivity contribution >= 4 is 17.3 Å². The van der Waals surface area contributed by atoms with Gasteiger partial charge in [0.1, 0.15) is 12.4 Å². The summed E-state index contributed by atoms with van der Waals surface area (Å²) in [6.45, 7) is 0.640. The molecule has 7 heteroatoms. The number of nitro benzene ring substituents is 1. The van der Waals surface area contributed by atoms with Crippen molar-refractivity contribution in [2.24, 2.45) is 0 Å². The van der Waals surface area contributed by atoms with Crippen molar-refractivity contribution in [2.75, 3.05) is 11.9 Å². The second-order valence-electron chi connectivity index (χ2n) is 6.23. The summed E-state index contributed by atoms with van der Waals surface area (Å²) in [5.74, 6) is -0.501. The van der Waals surface area contributed by atoms with Crippen LogP contribution < -0.4 is 10.2 Å². The quantitative estimate of drug-likeness (QED) is 0.595. The van der Waals surface area contributed by atoms with E-state index in [-0.39, 0.29) is 24.0 Å². The molecular weight excluding hydrogens is 325 g/mol. The molecule has 130 valence electrons. The summed E-state index contributed by atoms with van der Waals surface area (Å²) in [5, 5.41) is 13.5. The number of carbonyl (C=O) groups excluding carboxylic acids is 1. The largest absolute Gasteiger partial charge is 0.321 e. The van der Waals surface area contributed by atoms with Gasteiger partial charge < -0.3 is 10.2 Å². The second-order valence-corrected chi connectivity index (χ2v) is 6.23. The van der Waals surface area contributed by atoms with Crippen LogP contribution in [0.1, 0.15) is 18.4 Å². The van der Waals surface area contributed by atoms with Crippen molar-refractivity contribution in [3.8, 4) is 0 Å². The molecule has 0 saturated heterocycles. The zero-order chi connectivity index (χ0) is 17.8. The monoisotopic (exact) mass is 344 g/mol. The molecule has 6 nitrogen and oxygen atoms in total. The molecule has 1 amide bonds. The van der Waals surface area contributed by atoms with Gasteiger partial charge in [-0.2, -0.15) is 0 Å². The number of hydrogen-bond donors (Lipinski definition) is 2. The average molecular weight is 344 g/mol. The van der Waals surface area contributed by atoms with Gasteiger partial charge in [0.15, 0.2) is 6.54 Å². The van der Waals surface area contributed by atoms with Crippen LogP contribution >= 0.6 is 0 Å². The molecule has 0 bridgehead atoms. The Morgan fingerprint density at radius 1 is 1.24 bits per heavy atom. The number of benzene rings is 2. The summed E-state index contributed by atoms with van der Waals surface area (Å²) in [6, 6.07) is 12.8. The standard InChI is InChI=1S/C18H18FN3O3/c19-17-7-2-1-4-13(17)11-21(15-8-9-15)12-18(23)20-14-5-3-6-16(10-14)22(24)25/h1-7,10,15H,8-9,11-12H2,(H,20,23)/p+1. The fourth-order valence-electron chi connectivity index (χ4n) is 2.84. The van der Waals surface area contributed by atoms with Crippen LogP contribution in [-0.4, -0.2) is 23.4 Å². The van der Waals surface area contributed by atoms with Crippen LogP contribution in [0.25, 0.3) is 0 Å². The Kier molecular flexibility index (Phi) is 5.04. The van der Waals surface area contributed by atoms with E-state index in [1.807, 2.05) is 0 Å². The Labute approximate surface area is 144 Å². The Morgan fingerprint density at radius 2 is 2.00 bits per heavy atom. The van der Waals surface area contributed by atoms with Gasteiger partial charge in [0, 0.05) is 36.2 Å². The van der Waals surface area contributed by atoms with E-state index < -0.39 is 4.92 Å². The highest BCUT2D eigenvalue weighted by atomic mass is 19.1. The first-order valence-electron chi connectivity index (χ1n) is 8.15. The minimum Gasteiger partial charge on any atom is -0.321 e. The molecule has 0 aromatic heterocycles. The molecule has 1 unspecified atom stereocenters. The van der Waals surface area contributed by atoms with Gasteiger partial charge in [-0.3, -0.25) is 14.9 Å². The molecule has 2 aromatic carbocycles. The number of amides is 1. The number of halogens is 1. The van der Waals surface area contributed by atoms with Crippen LogP contribution in [0, 0.1) is 15.9 Å². The highest BCUT2D eigenvalue weighted by Gasteiger charge is 2.35. The lowest BCUT2D eigenvalue weighted by molar-refractivity contribution is -0.917. The third kappa shape index (κ3) is 4.60. The second kappa shape index (κ2) is 7.40. The van der Waals surface area contributed by atoms with Gasteiger partial charge in [-0.1, -0.05) is 24.3 Å². The summed E-state index contributed by atoms with van der Waals surface area (Å²) in [7, 11) is 0. The number of carbonyl (C=O) groups is 1. The molecule has 0 radical (unpaired) electrons. The molecule has 25 heavy (non-hydrogen) atoms. The Morgan fingerprint density at radius 3 is 2.68 bits per heavy atom. The summed E-state index contributed by atoms with van der Waals surface area (Å²) >= 11 is 0. The van der Waals surface area contributed by atoms with Gasteiger partial charge >= 0.3 is 0 Å². The zero-order valence-electron chi connectivity index (χ0n) is 13.6. The highest BCUT2D eigenvalue weighted by molar-refractivity contribution is 5.91. The Hall–Kier alpha value is -2.80. The van der Waals surface area contributed by atoms with E-state index in [9.17, 15) is 19.3 Å². The smallest absolute Gasteiger partial charge is 0.279 e. The average Bonchev–Trinajstić information content (AvgIpc) is 3.41. The SMILES string of the molecule is O=C(C[NH+](Cc1ccccc1F)C1CC1)Nc1cccc([N+](=O)[O-])c1. The van der Waals surface area contributed by atoms with Gasteiger partial charge in [-0.05, 0) is 12.1 Å². The summed E-state index contributed by atoms with van der Waals surface area (Å²) in [6.07, 6.45) is 2.04. The molecule has 1 aliphatic carbocycles. The molecule has 0 aliphatic heterocycles. The van der Waals surface area contributed by atoms with Crippen LogP contribution in [0.15, 0.2) is 48.5 Å². The van der Waals surface area contributed by atoms with Gasteiger partial charge in [0.05, 0.1) is 11.0 Å². The number of quaternary nitrogens is 1. The minimum atomic E-state index is -0.504. The number of hydrogen-bond acceptors (Lipinski definition) is 3. The van der Waals surface area contributed by atoms with E-state index in [4.69, 9.17) is 0 Å². The number of anilines is 1. The molecule has 1 fully saturated rings. The van der Waals surface area contributed by atoms with Gasteiger partial charge in [0.25, 0.3) is 11.6 Å². The molecule has 1 atom stereocenters. The molecule has 2 N–H and O–H groups in total. The van der Waals surface area contributed by atoms with E-state index in [1.54, 1.807) is 24.3 Å². The molecule has 0 spiro atoms. The Bertz CT molecular complexity index is 793. The van der Waals surface area contributed by atoms with Crippen LogP contribution in [0.3, 0.4) is 0 Å². The first-order valence-corrected chi connectivity index (χ1v) is 8.15. The van der Waals surface area contributed by atoms with E-state index >= 15 is 0 Å². The van der Waals surface area contributed by atoms with Crippen LogP contribution in [0.4, 0.5) is 15.8 Å².